The molecule has 0 aromatic heterocycles. The largest absolute Gasteiger partial charge is 0.497 e. The summed E-state index contributed by atoms with van der Waals surface area (Å²) in [4.78, 5) is 23.7. The fraction of sp³-hybridized carbons (Fsp3) is 0.250. The van der Waals surface area contributed by atoms with E-state index in [-0.39, 0.29) is 6.54 Å². The number of rotatable bonds is 8. The van der Waals surface area contributed by atoms with Gasteiger partial charge in [-0.3, -0.25) is 9.59 Å². The molecular weight excluding hydrogens is 362 g/mol. The van der Waals surface area contributed by atoms with E-state index >= 15 is 0 Å². The Bertz CT molecular complexity index is 834. The van der Waals surface area contributed by atoms with Crippen molar-refractivity contribution in [3.8, 4) is 17.2 Å². The number of hydrogen-bond acceptors (Lipinski definition) is 6. The Morgan fingerprint density at radius 3 is 2.39 bits per heavy atom. The Balaban J connectivity index is 1.85. The van der Waals surface area contributed by atoms with Crippen LogP contribution >= 0.6 is 0 Å². The molecule has 0 radical (unpaired) electrons. The second-order valence-electron chi connectivity index (χ2n) is 5.57. The zero-order valence-electron chi connectivity index (χ0n) is 16.0. The number of methoxy groups -OCH3 is 2. The van der Waals surface area contributed by atoms with Gasteiger partial charge in [0.05, 0.1) is 27.0 Å². The predicted octanol–water partition coefficient (Wildman–Crippen LogP) is 1.87. The van der Waals surface area contributed by atoms with Gasteiger partial charge in [-0.05, 0) is 48.4 Å². The lowest BCUT2D eigenvalue weighted by Gasteiger charge is -2.09. The molecule has 0 fully saturated rings. The van der Waals surface area contributed by atoms with Crippen LogP contribution in [0.4, 0.5) is 0 Å². The summed E-state index contributed by atoms with van der Waals surface area (Å²) in [5, 5.41) is 6.32. The van der Waals surface area contributed by atoms with Gasteiger partial charge in [0, 0.05) is 6.54 Å². The highest BCUT2D eigenvalue weighted by Crippen LogP contribution is 2.27. The number of nitrogens with one attached hydrogen (secondary N) is 2. The first kappa shape index (κ1) is 20.8. The van der Waals surface area contributed by atoms with Crippen molar-refractivity contribution >= 4 is 18.0 Å². The van der Waals surface area contributed by atoms with Crippen LogP contribution < -0.4 is 25.0 Å². The third-order valence-electron chi connectivity index (χ3n) is 3.69. The van der Waals surface area contributed by atoms with E-state index in [1.165, 1.54) is 13.3 Å². The van der Waals surface area contributed by atoms with E-state index in [0.717, 1.165) is 5.56 Å². The van der Waals surface area contributed by atoms with Gasteiger partial charge >= 0.3 is 11.8 Å². The molecule has 2 rings (SSSR count). The summed E-state index contributed by atoms with van der Waals surface area (Å²) >= 11 is 0. The molecule has 2 aromatic rings. The second-order valence-corrected chi connectivity index (χ2v) is 5.57. The average molecular weight is 385 g/mol. The van der Waals surface area contributed by atoms with Crippen LogP contribution in [0.25, 0.3) is 0 Å². The van der Waals surface area contributed by atoms with E-state index < -0.39 is 11.8 Å². The molecule has 0 atom stereocenters. The minimum Gasteiger partial charge on any atom is -0.497 e. The van der Waals surface area contributed by atoms with Gasteiger partial charge in [-0.25, -0.2) is 5.43 Å². The SMILES string of the molecule is CCOc1ccc(/C=N\NC(=O)C(=O)NCc2ccc(OC)cc2)cc1OC. The molecule has 8 heteroatoms. The van der Waals surface area contributed by atoms with Gasteiger partial charge in [0.25, 0.3) is 0 Å². The molecule has 0 aliphatic rings. The molecule has 0 heterocycles. The highest BCUT2D eigenvalue weighted by molar-refractivity contribution is 6.35. The zero-order valence-corrected chi connectivity index (χ0v) is 16.0. The first-order chi connectivity index (χ1) is 13.6. The number of nitrogens with zero attached hydrogens (tertiary/aromatic N) is 1. The standard InChI is InChI=1S/C20H23N3O5/c1-4-28-17-10-7-15(11-18(17)27-3)13-22-23-20(25)19(24)21-12-14-5-8-16(26-2)9-6-14/h5-11,13H,4,12H2,1-3H3,(H,21,24)(H,23,25)/b22-13-. The fourth-order valence-electron chi connectivity index (χ4n) is 2.26. The molecule has 0 aliphatic heterocycles. The van der Waals surface area contributed by atoms with E-state index in [0.29, 0.717) is 29.4 Å². The van der Waals surface area contributed by atoms with Crippen molar-refractivity contribution in [3.05, 3.63) is 53.6 Å². The Labute approximate surface area is 163 Å². The van der Waals surface area contributed by atoms with Crippen molar-refractivity contribution in [1.29, 1.82) is 0 Å². The Morgan fingerprint density at radius 2 is 1.75 bits per heavy atom. The van der Waals surface area contributed by atoms with E-state index in [2.05, 4.69) is 15.8 Å². The Morgan fingerprint density at radius 1 is 1.00 bits per heavy atom. The summed E-state index contributed by atoms with van der Waals surface area (Å²) in [5.41, 5.74) is 3.71. The third kappa shape index (κ3) is 6.01. The predicted molar refractivity (Wildman–Crippen MR) is 105 cm³/mol. The maximum atomic E-state index is 11.8. The van der Waals surface area contributed by atoms with Crippen LogP contribution in [-0.4, -0.2) is 38.9 Å². The number of amides is 2. The minimum absolute atomic E-state index is 0.218. The molecular formula is C20H23N3O5. The van der Waals surface area contributed by atoms with E-state index in [4.69, 9.17) is 14.2 Å². The van der Waals surface area contributed by atoms with Crippen molar-refractivity contribution in [2.75, 3.05) is 20.8 Å². The quantitative estimate of drug-likeness (QED) is 0.411. The fourth-order valence-corrected chi connectivity index (χ4v) is 2.26. The number of carbonyl (C=O) groups is 2. The lowest BCUT2D eigenvalue weighted by molar-refractivity contribution is -0.139. The Kier molecular flexibility index (Phi) is 7.83. The van der Waals surface area contributed by atoms with Crippen LogP contribution in [0.5, 0.6) is 17.2 Å². The molecule has 28 heavy (non-hydrogen) atoms. The molecule has 0 aliphatic carbocycles. The van der Waals surface area contributed by atoms with Gasteiger partial charge in [0.2, 0.25) is 0 Å². The lowest BCUT2D eigenvalue weighted by atomic mass is 10.2. The van der Waals surface area contributed by atoms with Crippen LogP contribution in [-0.2, 0) is 16.1 Å². The van der Waals surface area contributed by atoms with Crippen LogP contribution in [0.15, 0.2) is 47.6 Å². The Hall–Kier alpha value is -3.55. The molecule has 2 amide bonds. The van der Waals surface area contributed by atoms with Crippen LogP contribution in [0.1, 0.15) is 18.1 Å². The normalized spacial score (nSPS) is 10.4. The average Bonchev–Trinajstić information content (AvgIpc) is 2.73. The van der Waals surface area contributed by atoms with Crippen LogP contribution in [0.2, 0.25) is 0 Å². The topological polar surface area (TPSA) is 98.2 Å². The second kappa shape index (κ2) is 10.6. The maximum Gasteiger partial charge on any atom is 0.329 e. The summed E-state index contributed by atoms with van der Waals surface area (Å²) < 4.78 is 15.7. The van der Waals surface area contributed by atoms with E-state index in [9.17, 15) is 9.59 Å². The monoisotopic (exact) mass is 385 g/mol. The van der Waals surface area contributed by atoms with Gasteiger partial charge in [0.15, 0.2) is 11.5 Å². The minimum atomic E-state index is -0.859. The van der Waals surface area contributed by atoms with Crippen LogP contribution in [0, 0.1) is 0 Å². The highest BCUT2D eigenvalue weighted by atomic mass is 16.5. The van der Waals surface area contributed by atoms with Gasteiger partial charge in [-0.2, -0.15) is 5.10 Å². The molecule has 0 bridgehead atoms. The molecule has 0 unspecified atom stereocenters. The summed E-state index contributed by atoms with van der Waals surface area (Å²) in [7, 11) is 3.11. The number of carbonyl (C=O) groups excluding carboxylic acids is 2. The molecule has 2 N–H and O–H groups in total. The highest BCUT2D eigenvalue weighted by Gasteiger charge is 2.12. The third-order valence-corrected chi connectivity index (χ3v) is 3.69. The smallest absolute Gasteiger partial charge is 0.329 e. The van der Waals surface area contributed by atoms with E-state index in [1.807, 2.05) is 6.92 Å². The molecule has 148 valence electrons. The van der Waals surface area contributed by atoms with Crippen molar-refractivity contribution in [1.82, 2.24) is 10.7 Å². The maximum absolute atomic E-state index is 11.8. The molecule has 0 saturated heterocycles. The molecule has 0 spiro atoms. The van der Waals surface area contributed by atoms with Crippen molar-refractivity contribution < 1.29 is 23.8 Å². The lowest BCUT2D eigenvalue weighted by Crippen LogP contribution is -2.37. The number of hydrazone groups is 1. The number of ether oxygens (including phenoxy) is 3. The molecule has 0 saturated carbocycles. The van der Waals surface area contributed by atoms with Gasteiger partial charge in [0.1, 0.15) is 5.75 Å². The van der Waals surface area contributed by atoms with Crippen molar-refractivity contribution in [2.45, 2.75) is 13.5 Å². The first-order valence-electron chi connectivity index (χ1n) is 8.62. The van der Waals surface area contributed by atoms with Gasteiger partial charge < -0.3 is 19.5 Å². The first-order valence-corrected chi connectivity index (χ1v) is 8.62. The van der Waals surface area contributed by atoms with Crippen molar-refractivity contribution in [2.24, 2.45) is 5.10 Å². The number of benzene rings is 2. The zero-order chi connectivity index (χ0) is 20.4. The molecule has 8 nitrogen and oxygen atoms in total. The summed E-state index contributed by atoms with van der Waals surface area (Å²) in [6, 6.07) is 12.4. The number of hydrogen-bond donors (Lipinski definition) is 2. The van der Waals surface area contributed by atoms with E-state index in [1.54, 1.807) is 49.6 Å². The summed E-state index contributed by atoms with van der Waals surface area (Å²) in [6.45, 7) is 2.62. The van der Waals surface area contributed by atoms with Gasteiger partial charge in [-0.1, -0.05) is 12.1 Å². The van der Waals surface area contributed by atoms with Crippen molar-refractivity contribution in [3.63, 3.8) is 0 Å². The van der Waals surface area contributed by atoms with Crippen LogP contribution in [0.3, 0.4) is 0 Å². The van der Waals surface area contributed by atoms with Gasteiger partial charge in [-0.15, -0.1) is 0 Å². The summed E-state index contributed by atoms with van der Waals surface area (Å²) in [6.07, 6.45) is 1.41. The summed E-state index contributed by atoms with van der Waals surface area (Å²) in [5.74, 6) is 0.242. The molecule has 2 aromatic carbocycles.